The number of fused-ring (bicyclic) bond motifs is 6. The molecule has 18 heteroatoms. The zero-order valence-electron chi connectivity index (χ0n) is 37.4. The standard InChI is InChI=1S/C56H28F12N6/c57-53(58,59)34-13-19-46-40(25-34)41-26-35(54(60,61)62)14-20-47(41)73(46)44-17-11-30(29-69)23-38(44)39-24-33(52-71-50(31-7-3-1-4-8-31)70-51(72-52)32-9-5-2-6-10-32)12-18-45(39)74-48-21-15-36(55(63,64)65)27-42(48)43-28-37(56(66,67)68)16-22-49(43)74/h1-28H. The van der Waals surface area contributed by atoms with E-state index in [0.717, 1.165) is 72.8 Å². The van der Waals surface area contributed by atoms with E-state index in [1.54, 1.807) is 72.8 Å². The van der Waals surface area contributed by atoms with Crippen LogP contribution in [0.15, 0.2) is 170 Å². The Morgan fingerprint density at radius 1 is 0.338 bits per heavy atom. The first kappa shape index (κ1) is 47.4. The van der Waals surface area contributed by atoms with E-state index in [2.05, 4.69) is 6.07 Å². The van der Waals surface area contributed by atoms with Gasteiger partial charge in [-0.15, -0.1) is 0 Å². The topological polar surface area (TPSA) is 72.3 Å². The SMILES string of the molecule is N#Cc1ccc(-n2c3ccc(C(F)(F)F)cc3c3cc(C(F)(F)F)ccc32)c(-c2cc(-c3nc(-c4ccccc4)nc(-c4ccccc4)n3)ccc2-n2c3ccc(C(F)(F)F)cc3c3cc(C(F)(F)F)ccc32)c1. The van der Waals surface area contributed by atoms with Crippen LogP contribution in [-0.2, 0) is 24.7 Å². The predicted molar refractivity (Wildman–Crippen MR) is 255 cm³/mol. The maximum Gasteiger partial charge on any atom is 0.416 e. The number of rotatable bonds is 6. The Morgan fingerprint density at radius 3 is 1.00 bits per heavy atom. The zero-order valence-corrected chi connectivity index (χ0v) is 37.4. The smallest absolute Gasteiger partial charge is 0.309 e. The summed E-state index contributed by atoms with van der Waals surface area (Å²) in [6.07, 6.45) is -19.6. The molecule has 0 saturated heterocycles. The van der Waals surface area contributed by atoms with Crippen LogP contribution in [0.25, 0.3) is 100 Å². The quantitative estimate of drug-likeness (QED) is 0.156. The van der Waals surface area contributed by atoms with Crippen LogP contribution in [0.3, 0.4) is 0 Å². The molecule has 6 nitrogen and oxygen atoms in total. The Morgan fingerprint density at radius 2 is 0.662 bits per heavy atom. The van der Waals surface area contributed by atoms with Gasteiger partial charge in [0.25, 0.3) is 0 Å². The first-order chi connectivity index (χ1) is 35.2. The summed E-state index contributed by atoms with van der Waals surface area (Å²) in [5, 5.41) is 9.60. The summed E-state index contributed by atoms with van der Waals surface area (Å²) >= 11 is 0. The molecule has 0 aliphatic heterocycles. The minimum Gasteiger partial charge on any atom is -0.309 e. The molecule has 0 fully saturated rings. The normalized spacial score (nSPS) is 12.6. The fourth-order valence-corrected chi connectivity index (χ4v) is 9.31. The van der Waals surface area contributed by atoms with Crippen LogP contribution in [0.2, 0.25) is 0 Å². The van der Waals surface area contributed by atoms with Gasteiger partial charge in [-0.05, 0) is 109 Å². The Labute approximate surface area is 409 Å². The van der Waals surface area contributed by atoms with Gasteiger partial charge in [0.05, 0.1) is 67.3 Å². The molecule has 0 bridgehead atoms. The van der Waals surface area contributed by atoms with Crippen molar-refractivity contribution in [2.75, 3.05) is 0 Å². The molecule has 3 heterocycles. The second kappa shape index (κ2) is 17.1. The molecule has 0 spiro atoms. The lowest BCUT2D eigenvalue weighted by Crippen LogP contribution is -2.06. The summed E-state index contributed by atoms with van der Waals surface area (Å²) in [5.41, 5.74) is -2.55. The number of hydrogen-bond acceptors (Lipinski definition) is 4. The zero-order chi connectivity index (χ0) is 52.1. The molecule has 3 aromatic heterocycles. The van der Waals surface area contributed by atoms with Crippen molar-refractivity contribution >= 4 is 43.6 Å². The molecule has 0 unspecified atom stereocenters. The van der Waals surface area contributed by atoms with Gasteiger partial charge in [0.1, 0.15) is 0 Å². The summed E-state index contributed by atoms with van der Waals surface area (Å²) in [5.74, 6) is 0.584. The Kier molecular flexibility index (Phi) is 10.9. The lowest BCUT2D eigenvalue weighted by molar-refractivity contribution is -0.138. The monoisotopic (exact) mass is 1010 g/mol. The van der Waals surface area contributed by atoms with Crippen molar-refractivity contribution in [3.8, 4) is 62.7 Å². The summed E-state index contributed by atoms with van der Waals surface area (Å²) in [6.45, 7) is 0. The number of hydrogen-bond donors (Lipinski definition) is 0. The van der Waals surface area contributed by atoms with Crippen LogP contribution in [0, 0.1) is 11.3 Å². The first-order valence-corrected chi connectivity index (χ1v) is 22.2. The highest BCUT2D eigenvalue weighted by molar-refractivity contribution is 6.12. The van der Waals surface area contributed by atoms with E-state index in [-0.39, 0.29) is 94.7 Å². The van der Waals surface area contributed by atoms with E-state index in [1.165, 1.54) is 33.4 Å². The largest absolute Gasteiger partial charge is 0.416 e. The Balaban J connectivity index is 1.27. The highest BCUT2D eigenvalue weighted by atomic mass is 19.4. The maximum atomic E-state index is 14.4. The molecule has 0 amide bonds. The molecule has 0 N–H and O–H groups in total. The van der Waals surface area contributed by atoms with E-state index >= 15 is 0 Å². The molecular formula is C56H28F12N6. The number of benzene rings is 8. The molecule has 11 rings (SSSR count). The molecule has 0 atom stereocenters. The third-order valence-corrected chi connectivity index (χ3v) is 12.7. The third-order valence-electron chi connectivity index (χ3n) is 12.7. The second-order valence-corrected chi connectivity index (χ2v) is 17.2. The summed E-state index contributed by atoms with van der Waals surface area (Å²) in [7, 11) is 0. The number of nitriles is 1. The first-order valence-electron chi connectivity index (χ1n) is 22.2. The van der Waals surface area contributed by atoms with Gasteiger partial charge in [0.2, 0.25) is 0 Å². The van der Waals surface area contributed by atoms with Crippen molar-refractivity contribution in [1.29, 1.82) is 5.26 Å². The molecule has 0 aliphatic carbocycles. The predicted octanol–water partition coefficient (Wildman–Crippen LogP) is 16.7. The van der Waals surface area contributed by atoms with Crippen LogP contribution in [-0.4, -0.2) is 24.1 Å². The molecule has 11 aromatic rings. The van der Waals surface area contributed by atoms with Gasteiger partial charge in [0, 0.05) is 49.4 Å². The van der Waals surface area contributed by atoms with Crippen molar-refractivity contribution in [3.05, 3.63) is 198 Å². The molecule has 0 aliphatic rings. The van der Waals surface area contributed by atoms with E-state index in [4.69, 9.17) is 15.0 Å². The van der Waals surface area contributed by atoms with E-state index in [9.17, 15) is 57.9 Å². The summed E-state index contributed by atoms with van der Waals surface area (Å²) in [4.78, 5) is 14.5. The lowest BCUT2D eigenvalue weighted by atomic mass is 9.96. The molecule has 366 valence electrons. The van der Waals surface area contributed by atoms with Crippen LogP contribution in [0.4, 0.5) is 52.7 Å². The van der Waals surface area contributed by atoms with Crippen molar-refractivity contribution in [2.24, 2.45) is 0 Å². The molecule has 8 aromatic carbocycles. The highest BCUT2D eigenvalue weighted by Gasteiger charge is 2.36. The summed E-state index contributed by atoms with van der Waals surface area (Å²) < 4.78 is 175. The lowest BCUT2D eigenvalue weighted by Gasteiger charge is -2.20. The number of aromatic nitrogens is 5. The number of nitrogens with zero attached hydrogens (tertiary/aromatic N) is 6. The molecule has 0 radical (unpaired) electrons. The van der Waals surface area contributed by atoms with Crippen LogP contribution in [0.1, 0.15) is 27.8 Å². The average Bonchev–Trinajstić information content (AvgIpc) is 3.89. The maximum absolute atomic E-state index is 14.4. The Hall–Kier alpha value is -8.98. The van der Waals surface area contributed by atoms with E-state index in [0.29, 0.717) is 11.1 Å². The van der Waals surface area contributed by atoms with E-state index in [1.807, 2.05) is 0 Å². The van der Waals surface area contributed by atoms with Crippen molar-refractivity contribution < 1.29 is 52.7 Å². The summed E-state index contributed by atoms with van der Waals surface area (Å²) in [6, 6.07) is 39.3. The molecular weight excluding hydrogens is 985 g/mol. The van der Waals surface area contributed by atoms with Crippen molar-refractivity contribution in [3.63, 3.8) is 0 Å². The highest BCUT2D eigenvalue weighted by Crippen LogP contribution is 2.46. The van der Waals surface area contributed by atoms with Crippen LogP contribution in [0.5, 0.6) is 0 Å². The molecule has 0 saturated carbocycles. The van der Waals surface area contributed by atoms with Gasteiger partial charge in [-0.3, -0.25) is 0 Å². The second-order valence-electron chi connectivity index (χ2n) is 17.2. The van der Waals surface area contributed by atoms with Crippen LogP contribution < -0.4 is 0 Å². The number of alkyl halides is 12. The van der Waals surface area contributed by atoms with Gasteiger partial charge >= 0.3 is 24.7 Å². The van der Waals surface area contributed by atoms with Crippen molar-refractivity contribution in [2.45, 2.75) is 24.7 Å². The molecule has 74 heavy (non-hydrogen) atoms. The van der Waals surface area contributed by atoms with E-state index < -0.39 is 47.0 Å². The van der Waals surface area contributed by atoms with Crippen LogP contribution >= 0.6 is 0 Å². The van der Waals surface area contributed by atoms with Gasteiger partial charge in [-0.2, -0.15) is 57.9 Å². The van der Waals surface area contributed by atoms with Gasteiger partial charge in [-0.25, -0.2) is 15.0 Å². The van der Waals surface area contributed by atoms with Gasteiger partial charge in [0.15, 0.2) is 17.5 Å². The number of halogens is 12. The third kappa shape index (κ3) is 8.29. The Bertz CT molecular complexity index is 3890. The fraction of sp³-hybridized carbons (Fsp3) is 0.0714. The van der Waals surface area contributed by atoms with Gasteiger partial charge < -0.3 is 9.13 Å². The van der Waals surface area contributed by atoms with Crippen molar-refractivity contribution in [1.82, 2.24) is 24.1 Å². The minimum atomic E-state index is -4.91. The van der Waals surface area contributed by atoms with Gasteiger partial charge in [-0.1, -0.05) is 60.7 Å². The fourth-order valence-electron chi connectivity index (χ4n) is 9.31. The average molecular weight is 1010 g/mol. The minimum absolute atomic E-state index is 0.0179.